The van der Waals surface area contributed by atoms with E-state index >= 15 is 0 Å². The minimum absolute atomic E-state index is 0.107. The van der Waals surface area contributed by atoms with E-state index in [0.29, 0.717) is 5.41 Å². The van der Waals surface area contributed by atoms with Gasteiger partial charge in [0.25, 0.3) is 0 Å². The molecule has 1 spiro atoms. The fourth-order valence-electron chi connectivity index (χ4n) is 3.29. The molecule has 0 unspecified atom stereocenters. The first-order valence-corrected chi connectivity index (χ1v) is 4.96. The van der Waals surface area contributed by atoms with Crippen LogP contribution in [0.3, 0.4) is 0 Å². The molecular weight excluding hydrogens is 152 g/mol. The summed E-state index contributed by atoms with van der Waals surface area (Å²) in [5.41, 5.74) is 0.426. The summed E-state index contributed by atoms with van der Waals surface area (Å²) in [6.07, 6.45) is 7.49. The zero-order chi connectivity index (χ0) is 8.66. The van der Waals surface area contributed by atoms with Crippen molar-refractivity contribution < 1.29 is 10.2 Å². The lowest BCUT2D eigenvalue weighted by Gasteiger charge is -2.53. The van der Waals surface area contributed by atoms with Crippen molar-refractivity contribution in [2.75, 3.05) is 13.2 Å². The molecule has 2 saturated carbocycles. The number of hydrogen-bond donors (Lipinski definition) is 2. The number of rotatable bonds is 2. The summed E-state index contributed by atoms with van der Waals surface area (Å²) < 4.78 is 0. The van der Waals surface area contributed by atoms with Gasteiger partial charge in [0, 0.05) is 5.41 Å². The van der Waals surface area contributed by atoms with Gasteiger partial charge in [-0.3, -0.25) is 0 Å². The number of hydrogen-bond acceptors (Lipinski definition) is 2. The first kappa shape index (κ1) is 8.52. The van der Waals surface area contributed by atoms with Crippen LogP contribution in [0, 0.1) is 10.8 Å². The third-order valence-electron chi connectivity index (χ3n) is 3.84. The number of aliphatic hydroxyl groups is 2. The van der Waals surface area contributed by atoms with E-state index in [4.69, 9.17) is 10.2 Å². The lowest BCUT2D eigenvalue weighted by molar-refractivity contribution is -0.103. The summed E-state index contributed by atoms with van der Waals surface area (Å²) in [7, 11) is 0. The first-order valence-electron chi connectivity index (χ1n) is 4.96. The molecule has 0 atom stereocenters. The van der Waals surface area contributed by atoms with Gasteiger partial charge in [0.2, 0.25) is 0 Å². The van der Waals surface area contributed by atoms with Crippen LogP contribution in [0.1, 0.15) is 38.5 Å². The van der Waals surface area contributed by atoms with Crippen molar-refractivity contribution in [3.05, 3.63) is 0 Å². The van der Waals surface area contributed by atoms with E-state index < -0.39 is 0 Å². The maximum Gasteiger partial charge on any atom is 0.0509 e. The van der Waals surface area contributed by atoms with Gasteiger partial charge in [0.15, 0.2) is 0 Å². The molecule has 2 aliphatic carbocycles. The summed E-state index contributed by atoms with van der Waals surface area (Å²) in [5, 5.41) is 18.2. The highest BCUT2D eigenvalue weighted by Crippen LogP contribution is 2.61. The van der Waals surface area contributed by atoms with Crippen molar-refractivity contribution >= 4 is 0 Å². The lowest BCUT2D eigenvalue weighted by Crippen LogP contribution is -2.49. The van der Waals surface area contributed by atoms with Crippen molar-refractivity contribution in [2.24, 2.45) is 10.8 Å². The summed E-state index contributed by atoms with van der Waals surface area (Å²) >= 11 is 0. The second-order valence-electron chi connectivity index (χ2n) is 4.88. The van der Waals surface area contributed by atoms with Crippen LogP contribution in [0.4, 0.5) is 0 Å². The maximum absolute atomic E-state index is 9.12. The third kappa shape index (κ3) is 1.09. The summed E-state index contributed by atoms with van der Waals surface area (Å²) in [6, 6.07) is 0. The maximum atomic E-state index is 9.12. The Morgan fingerprint density at radius 3 is 1.83 bits per heavy atom. The fraction of sp³-hybridized carbons (Fsp3) is 1.00. The van der Waals surface area contributed by atoms with E-state index in [-0.39, 0.29) is 18.6 Å². The summed E-state index contributed by atoms with van der Waals surface area (Å²) in [6.45, 7) is 0.344. The molecule has 12 heavy (non-hydrogen) atoms. The topological polar surface area (TPSA) is 40.5 Å². The first-order chi connectivity index (χ1) is 5.74. The quantitative estimate of drug-likeness (QED) is 0.656. The van der Waals surface area contributed by atoms with Crippen molar-refractivity contribution in [3.63, 3.8) is 0 Å². The van der Waals surface area contributed by atoms with Crippen molar-refractivity contribution in [3.8, 4) is 0 Å². The molecule has 2 fully saturated rings. The molecule has 0 radical (unpaired) electrons. The molecule has 0 aromatic heterocycles. The van der Waals surface area contributed by atoms with E-state index in [1.807, 2.05) is 0 Å². The van der Waals surface area contributed by atoms with Gasteiger partial charge in [-0.15, -0.1) is 0 Å². The average molecular weight is 170 g/mol. The number of aliphatic hydroxyl groups excluding tert-OH is 2. The highest BCUT2D eigenvalue weighted by molar-refractivity contribution is 5.04. The molecule has 2 nitrogen and oxygen atoms in total. The van der Waals surface area contributed by atoms with Gasteiger partial charge in [0.05, 0.1) is 13.2 Å². The van der Waals surface area contributed by atoms with Gasteiger partial charge in [-0.2, -0.15) is 0 Å². The predicted octanol–water partition coefficient (Wildman–Crippen LogP) is 1.31. The Balaban J connectivity index is 1.96. The van der Waals surface area contributed by atoms with Gasteiger partial charge in [-0.1, -0.05) is 12.8 Å². The molecule has 70 valence electrons. The summed E-state index contributed by atoms with van der Waals surface area (Å²) in [5.74, 6) is 0. The second-order valence-corrected chi connectivity index (χ2v) is 4.88. The second kappa shape index (κ2) is 2.71. The van der Waals surface area contributed by atoms with Crippen LogP contribution in [0.5, 0.6) is 0 Å². The third-order valence-corrected chi connectivity index (χ3v) is 3.84. The molecule has 0 aromatic rings. The van der Waals surface area contributed by atoms with Gasteiger partial charge >= 0.3 is 0 Å². The average Bonchev–Trinajstić information content (AvgIpc) is 2.49. The van der Waals surface area contributed by atoms with Crippen LogP contribution < -0.4 is 0 Å². The summed E-state index contributed by atoms with van der Waals surface area (Å²) in [4.78, 5) is 0. The van der Waals surface area contributed by atoms with E-state index in [1.165, 1.54) is 25.7 Å². The normalized spacial score (nSPS) is 30.5. The monoisotopic (exact) mass is 170 g/mol. The Morgan fingerprint density at radius 2 is 1.42 bits per heavy atom. The molecular formula is C10H18O2. The largest absolute Gasteiger partial charge is 0.396 e. The highest BCUT2D eigenvalue weighted by Gasteiger charge is 2.54. The van der Waals surface area contributed by atoms with Crippen LogP contribution in [-0.4, -0.2) is 23.4 Å². The molecule has 0 amide bonds. The van der Waals surface area contributed by atoms with Crippen LogP contribution in [0.15, 0.2) is 0 Å². The molecule has 2 aliphatic rings. The van der Waals surface area contributed by atoms with Crippen LogP contribution in [0.25, 0.3) is 0 Å². The Labute approximate surface area is 73.6 Å². The Kier molecular flexibility index (Phi) is 1.92. The zero-order valence-electron chi connectivity index (χ0n) is 7.55. The Hall–Kier alpha value is -0.0800. The van der Waals surface area contributed by atoms with Gasteiger partial charge < -0.3 is 10.2 Å². The standard InChI is InChI=1S/C10H18O2/c11-7-10(8-12)5-9(6-10)3-1-2-4-9/h11-12H,1-8H2. The molecule has 0 bridgehead atoms. The van der Waals surface area contributed by atoms with E-state index in [0.717, 1.165) is 12.8 Å². The molecule has 0 aliphatic heterocycles. The molecule has 0 heterocycles. The molecule has 0 saturated heterocycles. The molecule has 0 aromatic carbocycles. The lowest BCUT2D eigenvalue weighted by atomic mass is 9.52. The Bertz CT molecular complexity index is 155. The SMILES string of the molecule is OCC1(CO)CC2(CCCC2)C1. The fourth-order valence-corrected chi connectivity index (χ4v) is 3.29. The van der Waals surface area contributed by atoms with E-state index in [2.05, 4.69) is 0 Å². The van der Waals surface area contributed by atoms with Crippen molar-refractivity contribution in [2.45, 2.75) is 38.5 Å². The molecule has 2 rings (SSSR count). The predicted molar refractivity (Wildman–Crippen MR) is 46.7 cm³/mol. The molecule has 2 heteroatoms. The van der Waals surface area contributed by atoms with Gasteiger partial charge in [-0.25, -0.2) is 0 Å². The van der Waals surface area contributed by atoms with Gasteiger partial charge in [-0.05, 0) is 31.1 Å². The van der Waals surface area contributed by atoms with Crippen LogP contribution in [0.2, 0.25) is 0 Å². The molecule has 2 N–H and O–H groups in total. The van der Waals surface area contributed by atoms with E-state index in [1.54, 1.807) is 0 Å². The van der Waals surface area contributed by atoms with Crippen molar-refractivity contribution in [1.82, 2.24) is 0 Å². The highest BCUT2D eigenvalue weighted by atomic mass is 16.3. The van der Waals surface area contributed by atoms with E-state index in [9.17, 15) is 0 Å². The van der Waals surface area contributed by atoms with Crippen LogP contribution >= 0.6 is 0 Å². The van der Waals surface area contributed by atoms with Crippen molar-refractivity contribution in [1.29, 1.82) is 0 Å². The Morgan fingerprint density at radius 1 is 0.917 bits per heavy atom. The minimum Gasteiger partial charge on any atom is -0.396 e. The zero-order valence-corrected chi connectivity index (χ0v) is 7.55. The minimum atomic E-state index is -0.107. The smallest absolute Gasteiger partial charge is 0.0509 e. The van der Waals surface area contributed by atoms with Crippen LogP contribution in [-0.2, 0) is 0 Å². The van der Waals surface area contributed by atoms with Gasteiger partial charge in [0.1, 0.15) is 0 Å².